The number of hydrogen-bond acceptors (Lipinski definition) is 9. The molecule has 0 radical (unpaired) electrons. The Balaban J connectivity index is 4.37. The highest BCUT2D eigenvalue weighted by Gasteiger charge is 2.28. The molecular weight excluding hydrogens is 541 g/mol. The second-order valence-electron chi connectivity index (χ2n) is 10.2. The summed E-state index contributed by atoms with van der Waals surface area (Å²) in [6, 6.07) is -1.51. The van der Waals surface area contributed by atoms with Crippen LogP contribution in [-0.2, 0) is 37.5 Å². The molecule has 0 aromatic rings. The summed E-state index contributed by atoms with van der Waals surface area (Å²) in [7, 11) is -4.68. The number of esters is 2. The lowest BCUT2D eigenvalue weighted by Crippen LogP contribution is -2.34. The van der Waals surface area contributed by atoms with Crippen molar-refractivity contribution in [3.63, 3.8) is 0 Å². The lowest BCUT2D eigenvalue weighted by atomic mass is 10.0. The average molecular weight is 596 g/mol. The molecule has 0 aromatic carbocycles. The average Bonchev–Trinajstić information content (AvgIpc) is 2.91. The third-order valence-corrected chi connectivity index (χ3v) is 7.31. The van der Waals surface area contributed by atoms with E-state index in [1.165, 1.54) is 57.8 Å². The van der Waals surface area contributed by atoms with Crippen molar-refractivity contribution >= 4 is 25.7 Å². The molecule has 12 heteroatoms. The van der Waals surface area contributed by atoms with E-state index in [4.69, 9.17) is 24.8 Å². The summed E-state index contributed by atoms with van der Waals surface area (Å²) in [4.78, 5) is 44.9. The lowest BCUT2D eigenvalue weighted by Gasteiger charge is -2.20. The molecule has 40 heavy (non-hydrogen) atoms. The van der Waals surface area contributed by atoms with E-state index in [2.05, 4.69) is 11.4 Å². The molecule has 0 fully saturated rings. The molecule has 3 unspecified atom stereocenters. The number of ether oxygens (including phenoxy) is 2. The van der Waals surface area contributed by atoms with E-state index in [9.17, 15) is 23.8 Å². The van der Waals surface area contributed by atoms with Crippen molar-refractivity contribution in [2.24, 2.45) is 5.73 Å². The number of carboxylic acids is 1. The minimum absolute atomic E-state index is 0.166. The molecule has 0 spiro atoms. The molecule has 0 heterocycles. The highest BCUT2D eigenvalue weighted by Crippen LogP contribution is 2.43. The number of carboxylic acid groups (broad SMARTS) is 1. The molecule has 0 rings (SSSR count). The molecule has 0 aliphatic rings. The second kappa shape index (κ2) is 25.2. The van der Waals surface area contributed by atoms with Crippen molar-refractivity contribution in [1.29, 1.82) is 0 Å². The van der Waals surface area contributed by atoms with Gasteiger partial charge in [0, 0.05) is 12.8 Å². The Morgan fingerprint density at radius 2 is 1.10 bits per heavy atom. The molecule has 4 N–H and O–H groups in total. The van der Waals surface area contributed by atoms with Crippen molar-refractivity contribution in [3.8, 4) is 0 Å². The smallest absolute Gasteiger partial charge is 0.472 e. The number of phosphoric acid groups is 1. The molecule has 0 aliphatic heterocycles. The molecular formula is C28H54NO10P. The van der Waals surface area contributed by atoms with Crippen LogP contribution in [0, 0.1) is 0 Å². The fourth-order valence-electron chi connectivity index (χ4n) is 3.89. The largest absolute Gasteiger partial charge is 0.480 e. The van der Waals surface area contributed by atoms with Gasteiger partial charge < -0.3 is 25.2 Å². The summed E-state index contributed by atoms with van der Waals surface area (Å²) in [5.74, 6) is -2.41. The highest BCUT2D eigenvalue weighted by molar-refractivity contribution is 7.47. The van der Waals surface area contributed by atoms with Crippen LogP contribution in [0.15, 0.2) is 0 Å². The van der Waals surface area contributed by atoms with E-state index in [1.54, 1.807) is 0 Å². The van der Waals surface area contributed by atoms with E-state index >= 15 is 0 Å². The van der Waals surface area contributed by atoms with Crippen molar-refractivity contribution in [2.45, 2.75) is 142 Å². The molecule has 11 nitrogen and oxygen atoms in total. The van der Waals surface area contributed by atoms with Gasteiger partial charge in [-0.15, -0.1) is 0 Å². The fourth-order valence-corrected chi connectivity index (χ4v) is 4.66. The number of unbranched alkanes of at least 4 members (excludes halogenated alkanes) is 14. The van der Waals surface area contributed by atoms with Crippen LogP contribution >= 0.6 is 7.82 Å². The zero-order chi connectivity index (χ0) is 30.1. The van der Waals surface area contributed by atoms with Crippen LogP contribution in [0.5, 0.6) is 0 Å². The van der Waals surface area contributed by atoms with Crippen molar-refractivity contribution in [3.05, 3.63) is 0 Å². The van der Waals surface area contributed by atoms with E-state index < -0.39 is 51.1 Å². The molecule has 3 atom stereocenters. The molecule has 0 bridgehead atoms. The predicted molar refractivity (Wildman–Crippen MR) is 153 cm³/mol. The number of aliphatic carboxylic acids is 1. The predicted octanol–water partition coefficient (Wildman–Crippen LogP) is 6.05. The number of carbonyl (C=O) groups excluding carboxylic acids is 2. The second-order valence-corrected chi connectivity index (χ2v) is 11.7. The van der Waals surface area contributed by atoms with E-state index in [1.807, 2.05) is 6.92 Å². The van der Waals surface area contributed by atoms with E-state index in [0.717, 1.165) is 32.1 Å². The van der Waals surface area contributed by atoms with Crippen LogP contribution in [0.2, 0.25) is 0 Å². The van der Waals surface area contributed by atoms with Crippen molar-refractivity contribution in [1.82, 2.24) is 0 Å². The van der Waals surface area contributed by atoms with Gasteiger partial charge in [0.25, 0.3) is 0 Å². The van der Waals surface area contributed by atoms with Crippen molar-refractivity contribution < 1.29 is 47.5 Å². The zero-order valence-electron chi connectivity index (χ0n) is 24.7. The van der Waals surface area contributed by atoms with Gasteiger partial charge in [-0.3, -0.25) is 23.4 Å². The quantitative estimate of drug-likeness (QED) is 0.0546. The zero-order valence-corrected chi connectivity index (χ0v) is 25.6. The SMILES string of the molecule is CCCCCCCCCCCCCCCC(=O)OC(COC(=O)CCCCC)COP(=O)(O)OCC(N)C(=O)O. The minimum Gasteiger partial charge on any atom is -0.480 e. The van der Waals surface area contributed by atoms with Gasteiger partial charge in [0.1, 0.15) is 12.6 Å². The standard InChI is InChI=1S/C28H54NO10P/c1-3-5-7-8-9-10-11-12-13-14-15-16-18-20-27(31)39-24(21-36-26(30)19-17-6-4-2)22-37-40(34,35)38-23-25(29)28(32)33/h24-25H,3-23,29H2,1-2H3,(H,32,33)(H,34,35). The van der Waals surface area contributed by atoms with Gasteiger partial charge in [0.2, 0.25) is 0 Å². The summed E-state index contributed by atoms with van der Waals surface area (Å²) in [5, 5.41) is 8.77. The van der Waals surface area contributed by atoms with Crippen LogP contribution in [0.1, 0.15) is 129 Å². The Bertz CT molecular complexity index is 721. The van der Waals surface area contributed by atoms with Gasteiger partial charge in [-0.2, -0.15) is 0 Å². The van der Waals surface area contributed by atoms with Crippen LogP contribution in [-0.4, -0.2) is 59.9 Å². The van der Waals surface area contributed by atoms with Crippen LogP contribution in [0.4, 0.5) is 0 Å². The third kappa shape index (κ3) is 24.3. The van der Waals surface area contributed by atoms with Gasteiger partial charge in [-0.1, -0.05) is 104 Å². The first kappa shape index (κ1) is 38.5. The van der Waals surface area contributed by atoms with Crippen LogP contribution < -0.4 is 5.73 Å². The third-order valence-electron chi connectivity index (χ3n) is 6.36. The summed E-state index contributed by atoms with van der Waals surface area (Å²) >= 11 is 0. The normalized spacial score (nSPS) is 14.3. The lowest BCUT2D eigenvalue weighted by molar-refractivity contribution is -0.161. The number of phosphoric ester groups is 1. The van der Waals surface area contributed by atoms with Gasteiger partial charge in [-0.25, -0.2) is 4.57 Å². The summed E-state index contributed by atoms with van der Waals surface area (Å²) in [5.41, 5.74) is 5.26. The molecule has 0 aliphatic carbocycles. The fraction of sp³-hybridized carbons (Fsp3) is 0.893. The molecule has 0 saturated carbocycles. The maximum absolute atomic E-state index is 12.4. The number of nitrogens with two attached hydrogens (primary N) is 1. The van der Waals surface area contributed by atoms with Gasteiger partial charge in [-0.05, 0) is 12.8 Å². The Kier molecular flexibility index (Phi) is 24.3. The first-order chi connectivity index (χ1) is 19.1. The van der Waals surface area contributed by atoms with Crippen molar-refractivity contribution in [2.75, 3.05) is 19.8 Å². The maximum Gasteiger partial charge on any atom is 0.472 e. The number of carbonyl (C=O) groups is 3. The number of rotatable bonds is 28. The Labute approximate surface area is 240 Å². The summed E-state index contributed by atoms with van der Waals surface area (Å²) in [6.45, 7) is 2.56. The van der Waals surface area contributed by atoms with Crippen LogP contribution in [0.3, 0.4) is 0 Å². The molecule has 0 aromatic heterocycles. The van der Waals surface area contributed by atoms with E-state index in [0.29, 0.717) is 12.8 Å². The molecule has 0 saturated heterocycles. The van der Waals surface area contributed by atoms with Gasteiger partial charge in [0.15, 0.2) is 6.10 Å². The minimum atomic E-state index is -4.68. The summed E-state index contributed by atoms with van der Waals surface area (Å²) < 4.78 is 32.0. The maximum atomic E-state index is 12.4. The van der Waals surface area contributed by atoms with E-state index in [-0.39, 0.29) is 19.4 Å². The monoisotopic (exact) mass is 595 g/mol. The topological polar surface area (TPSA) is 172 Å². The van der Waals surface area contributed by atoms with Crippen LogP contribution in [0.25, 0.3) is 0 Å². The van der Waals surface area contributed by atoms with Gasteiger partial charge in [0.05, 0.1) is 13.2 Å². The Morgan fingerprint density at radius 1 is 0.675 bits per heavy atom. The Hall–Kier alpha value is -1.52. The molecule has 0 amide bonds. The number of hydrogen-bond donors (Lipinski definition) is 3. The first-order valence-corrected chi connectivity index (χ1v) is 16.6. The van der Waals surface area contributed by atoms with Gasteiger partial charge >= 0.3 is 25.7 Å². The first-order valence-electron chi connectivity index (χ1n) is 15.1. The Morgan fingerprint density at radius 3 is 1.62 bits per heavy atom. The molecule has 236 valence electrons. The highest BCUT2D eigenvalue weighted by atomic mass is 31.2. The summed E-state index contributed by atoms with van der Waals surface area (Å²) in [6.07, 6.45) is 17.1.